The van der Waals surface area contributed by atoms with Crippen LogP contribution in [0.5, 0.6) is 0 Å². The third kappa shape index (κ3) is 4.74. The van der Waals surface area contributed by atoms with Crippen LogP contribution in [0.4, 0.5) is 5.82 Å². The quantitative estimate of drug-likeness (QED) is 0.696. The van der Waals surface area contributed by atoms with Gasteiger partial charge in [0.05, 0.1) is 0 Å². The minimum atomic E-state index is 0.785. The van der Waals surface area contributed by atoms with E-state index in [1.807, 2.05) is 13.0 Å². The molecule has 4 heteroatoms. The number of aryl methyl sites for hydroxylation is 1. The lowest BCUT2D eigenvalue weighted by Gasteiger charge is -2.06. The van der Waals surface area contributed by atoms with Gasteiger partial charge >= 0.3 is 0 Å². The predicted molar refractivity (Wildman–Crippen MR) is 61.0 cm³/mol. The van der Waals surface area contributed by atoms with Crippen molar-refractivity contribution in [2.45, 2.75) is 26.7 Å². The van der Waals surface area contributed by atoms with Crippen molar-refractivity contribution in [3.05, 3.63) is 18.1 Å². The molecule has 0 saturated heterocycles. The molecule has 0 unspecified atom stereocenters. The molecular formula is C11H19N3O. The van der Waals surface area contributed by atoms with Crippen LogP contribution in [0.25, 0.3) is 0 Å². The van der Waals surface area contributed by atoms with Crippen molar-refractivity contribution in [2.24, 2.45) is 0 Å². The normalized spacial score (nSPS) is 10.3. The van der Waals surface area contributed by atoms with E-state index in [1.54, 1.807) is 6.33 Å². The van der Waals surface area contributed by atoms with E-state index in [0.717, 1.165) is 44.1 Å². The van der Waals surface area contributed by atoms with Crippen LogP contribution in [0.1, 0.15) is 26.0 Å². The number of anilines is 1. The smallest absolute Gasteiger partial charge is 0.129 e. The SMILES string of the molecule is CCOCCCNc1cc(CC)ncn1. The molecule has 0 atom stereocenters. The molecule has 0 amide bonds. The second kappa shape index (κ2) is 7.17. The molecule has 1 aromatic heterocycles. The number of rotatable bonds is 7. The number of hydrogen-bond donors (Lipinski definition) is 1. The van der Waals surface area contributed by atoms with Gasteiger partial charge in [-0.25, -0.2) is 9.97 Å². The second-order valence-electron chi connectivity index (χ2n) is 3.23. The van der Waals surface area contributed by atoms with Gasteiger partial charge in [0.2, 0.25) is 0 Å². The van der Waals surface area contributed by atoms with Gasteiger partial charge in [-0.3, -0.25) is 0 Å². The first-order chi connectivity index (χ1) is 7.36. The molecule has 0 fully saturated rings. The molecule has 4 nitrogen and oxygen atoms in total. The van der Waals surface area contributed by atoms with Crippen LogP contribution in [0.2, 0.25) is 0 Å². The molecular weight excluding hydrogens is 190 g/mol. The number of nitrogens with one attached hydrogen (secondary N) is 1. The van der Waals surface area contributed by atoms with Gasteiger partial charge in [0.25, 0.3) is 0 Å². The summed E-state index contributed by atoms with van der Waals surface area (Å²) in [6, 6.07) is 1.99. The number of ether oxygens (including phenoxy) is 1. The highest BCUT2D eigenvalue weighted by Gasteiger charge is 1.95. The molecule has 1 rings (SSSR count). The van der Waals surface area contributed by atoms with E-state index in [1.165, 1.54) is 0 Å². The van der Waals surface area contributed by atoms with Crippen LogP contribution < -0.4 is 5.32 Å². The van der Waals surface area contributed by atoms with Crippen molar-refractivity contribution in [3.63, 3.8) is 0 Å². The molecule has 1 aromatic rings. The van der Waals surface area contributed by atoms with Crippen molar-refractivity contribution >= 4 is 5.82 Å². The molecule has 0 aliphatic heterocycles. The summed E-state index contributed by atoms with van der Waals surface area (Å²) < 4.78 is 5.24. The molecule has 0 bridgehead atoms. The number of nitrogens with zero attached hydrogens (tertiary/aromatic N) is 2. The van der Waals surface area contributed by atoms with Gasteiger partial charge in [-0.15, -0.1) is 0 Å². The highest BCUT2D eigenvalue weighted by atomic mass is 16.5. The molecule has 0 saturated carbocycles. The van der Waals surface area contributed by atoms with Crippen molar-refractivity contribution in [1.29, 1.82) is 0 Å². The number of hydrogen-bond acceptors (Lipinski definition) is 4. The molecule has 0 aliphatic rings. The minimum absolute atomic E-state index is 0.785. The average molecular weight is 209 g/mol. The van der Waals surface area contributed by atoms with Crippen LogP contribution in [0.3, 0.4) is 0 Å². The van der Waals surface area contributed by atoms with Gasteiger partial charge < -0.3 is 10.1 Å². The lowest BCUT2D eigenvalue weighted by molar-refractivity contribution is 0.147. The Morgan fingerprint density at radius 3 is 2.93 bits per heavy atom. The fourth-order valence-electron chi connectivity index (χ4n) is 1.22. The lowest BCUT2D eigenvalue weighted by Crippen LogP contribution is -2.07. The van der Waals surface area contributed by atoms with Crippen molar-refractivity contribution in [1.82, 2.24) is 9.97 Å². The molecule has 0 spiro atoms. The molecule has 0 radical (unpaired) electrons. The maximum Gasteiger partial charge on any atom is 0.129 e. The molecule has 15 heavy (non-hydrogen) atoms. The summed E-state index contributed by atoms with van der Waals surface area (Å²) in [5.74, 6) is 0.901. The van der Waals surface area contributed by atoms with Gasteiger partial charge in [-0.05, 0) is 19.8 Å². The van der Waals surface area contributed by atoms with Crippen LogP contribution in [-0.2, 0) is 11.2 Å². The van der Waals surface area contributed by atoms with Crippen LogP contribution >= 0.6 is 0 Å². The van der Waals surface area contributed by atoms with Crippen LogP contribution in [-0.4, -0.2) is 29.7 Å². The zero-order valence-electron chi connectivity index (χ0n) is 9.49. The van der Waals surface area contributed by atoms with Crippen LogP contribution in [0, 0.1) is 0 Å². The van der Waals surface area contributed by atoms with Gasteiger partial charge in [-0.1, -0.05) is 6.92 Å². The van der Waals surface area contributed by atoms with E-state index in [-0.39, 0.29) is 0 Å². The summed E-state index contributed by atoms with van der Waals surface area (Å²) in [7, 11) is 0. The topological polar surface area (TPSA) is 47.0 Å². The summed E-state index contributed by atoms with van der Waals surface area (Å²) in [5, 5.41) is 3.25. The third-order valence-corrected chi connectivity index (χ3v) is 2.06. The maximum atomic E-state index is 5.24. The highest BCUT2D eigenvalue weighted by molar-refractivity contribution is 5.34. The Kier molecular flexibility index (Phi) is 5.70. The van der Waals surface area contributed by atoms with E-state index in [9.17, 15) is 0 Å². The largest absolute Gasteiger partial charge is 0.382 e. The molecule has 1 heterocycles. The maximum absolute atomic E-state index is 5.24. The first-order valence-corrected chi connectivity index (χ1v) is 5.49. The monoisotopic (exact) mass is 209 g/mol. The summed E-state index contributed by atoms with van der Waals surface area (Å²) in [6.07, 6.45) is 3.54. The minimum Gasteiger partial charge on any atom is -0.382 e. The lowest BCUT2D eigenvalue weighted by atomic mass is 10.3. The third-order valence-electron chi connectivity index (χ3n) is 2.06. The zero-order chi connectivity index (χ0) is 10.9. The zero-order valence-corrected chi connectivity index (χ0v) is 9.49. The Labute approximate surface area is 91.1 Å². The van der Waals surface area contributed by atoms with Crippen LogP contribution in [0.15, 0.2) is 12.4 Å². The fourth-order valence-corrected chi connectivity index (χ4v) is 1.22. The number of aromatic nitrogens is 2. The van der Waals surface area contributed by atoms with Crippen molar-refractivity contribution in [3.8, 4) is 0 Å². The Bertz CT molecular complexity index is 278. The van der Waals surface area contributed by atoms with Gasteiger partial charge in [0.15, 0.2) is 0 Å². The summed E-state index contributed by atoms with van der Waals surface area (Å²) in [5.41, 5.74) is 1.07. The Morgan fingerprint density at radius 2 is 2.20 bits per heavy atom. The van der Waals surface area contributed by atoms with E-state index < -0.39 is 0 Å². The molecule has 0 aliphatic carbocycles. The Balaban J connectivity index is 2.24. The Hall–Kier alpha value is -1.16. The molecule has 84 valence electrons. The Morgan fingerprint density at radius 1 is 1.33 bits per heavy atom. The van der Waals surface area contributed by atoms with Crippen molar-refractivity contribution < 1.29 is 4.74 Å². The molecule has 1 N–H and O–H groups in total. The second-order valence-corrected chi connectivity index (χ2v) is 3.23. The highest BCUT2D eigenvalue weighted by Crippen LogP contribution is 2.04. The van der Waals surface area contributed by atoms with Gasteiger partial charge in [0.1, 0.15) is 12.1 Å². The fraction of sp³-hybridized carbons (Fsp3) is 0.636. The summed E-state index contributed by atoms with van der Waals surface area (Å²) in [6.45, 7) is 6.56. The van der Waals surface area contributed by atoms with E-state index >= 15 is 0 Å². The summed E-state index contributed by atoms with van der Waals surface area (Å²) in [4.78, 5) is 8.28. The van der Waals surface area contributed by atoms with Gasteiger partial charge in [0, 0.05) is 31.5 Å². The predicted octanol–water partition coefficient (Wildman–Crippen LogP) is 1.88. The summed E-state index contributed by atoms with van der Waals surface area (Å²) >= 11 is 0. The standard InChI is InChI=1S/C11H19N3O/c1-3-10-8-11(14-9-13-10)12-6-5-7-15-4-2/h8-9H,3-7H2,1-2H3,(H,12,13,14). The van der Waals surface area contributed by atoms with Gasteiger partial charge in [-0.2, -0.15) is 0 Å². The first kappa shape index (κ1) is 11.9. The average Bonchev–Trinajstić information content (AvgIpc) is 2.29. The first-order valence-electron chi connectivity index (χ1n) is 5.49. The van der Waals surface area contributed by atoms with Crippen molar-refractivity contribution in [2.75, 3.05) is 25.1 Å². The van der Waals surface area contributed by atoms with E-state index in [2.05, 4.69) is 22.2 Å². The van der Waals surface area contributed by atoms with E-state index in [4.69, 9.17) is 4.74 Å². The molecule has 0 aromatic carbocycles. The van der Waals surface area contributed by atoms with E-state index in [0.29, 0.717) is 0 Å².